The molecule has 7 nitrogen and oxygen atoms in total. The molecule has 0 aliphatic carbocycles. The van der Waals surface area contributed by atoms with Crippen LogP contribution in [0.15, 0.2) is 52.9 Å². The minimum absolute atomic E-state index is 0.156. The molecular formula is C29H40FN3O4S. The normalized spacial score (nSPS) is 22.8. The van der Waals surface area contributed by atoms with Gasteiger partial charge < -0.3 is 15.2 Å². The molecule has 0 amide bonds. The first-order valence-corrected chi connectivity index (χ1v) is 14.8. The predicted molar refractivity (Wildman–Crippen MR) is 148 cm³/mol. The van der Waals surface area contributed by atoms with Crippen molar-refractivity contribution in [3.05, 3.63) is 71.0 Å². The van der Waals surface area contributed by atoms with E-state index in [0.29, 0.717) is 17.0 Å². The molecule has 2 aromatic carbocycles. The number of ether oxygens (including phenoxy) is 1. The summed E-state index contributed by atoms with van der Waals surface area (Å²) in [5.74, 6) is -0.00967. The van der Waals surface area contributed by atoms with E-state index in [2.05, 4.69) is 35.4 Å². The average molecular weight is 546 g/mol. The zero-order valence-corrected chi connectivity index (χ0v) is 23.8. The Morgan fingerprint density at radius 2 is 1.71 bits per heavy atom. The van der Waals surface area contributed by atoms with Gasteiger partial charge >= 0.3 is 6.02 Å². The van der Waals surface area contributed by atoms with Crippen LogP contribution in [-0.4, -0.2) is 55.3 Å². The van der Waals surface area contributed by atoms with E-state index in [9.17, 15) is 17.9 Å². The number of amidine groups is 1. The van der Waals surface area contributed by atoms with E-state index >= 15 is 0 Å². The van der Waals surface area contributed by atoms with E-state index in [1.54, 1.807) is 32.0 Å². The smallest absolute Gasteiger partial charge is 0.301 e. The summed E-state index contributed by atoms with van der Waals surface area (Å²) in [6.07, 6.45) is 2.30. The fraction of sp³-hybridized carbons (Fsp3) is 0.552. The lowest BCUT2D eigenvalue weighted by Gasteiger charge is -2.41. The van der Waals surface area contributed by atoms with Crippen molar-refractivity contribution < 1.29 is 22.7 Å². The van der Waals surface area contributed by atoms with E-state index in [1.165, 1.54) is 11.6 Å². The molecule has 9 heteroatoms. The van der Waals surface area contributed by atoms with Gasteiger partial charge in [-0.05, 0) is 90.1 Å². The Kier molecular flexibility index (Phi) is 8.21. The van der Waals surface area contributed by atoms with E-state index in [-0.39, 0.29) is 24.6 Å². The molecule has 2 atom stereocenters. The van der Waals surface area contributed by atoms with Gasteiger partial charge in [0, 0.05) is 17.7 Å². The molecular weight excluding hydrogens is 505 g/mol. The summed E-state index contributed by atoms with van der Waals surface area (Å²) >= 11 is 0. The minimum atomic E-state index is -4.01. The van der Waals surface area contributed by atoms with Crippen LogP contribution in [0.25, 0.3) is 0 Å². The Balaban J connectivity index is 1.53. The predicted octanol–water partition coefficient (Wildman–Crippen LogP) is 5.05. The number of aliphatic hydroxyl groups excluding tert-OH is 1. The first kappa shape index (κ1) is 28.5. The molecule has 0 aromatic heterocycles. The van der Waals surface area contributed by atoms with E-state index in [0.717, 1.165) is 25.9 Å². The van der Waals surface area contributed by atoms with Crippen molar-refractivity contribution in [1.82, 2.24) is 10.2 Å². The number of sulfonamides is 1. The lowest BCUT2D eigenvalue weighted by atomic mass is 9.86. The maximum Gasteiger partial charge on any atom is 0.301 e. The number of halogens is 1. The third kappa shape index (κ3) is 6.21. The standard InChI is InChI=1S/C29H40FN3O4S/c1-28(2,3)33-17-14-21(15-18-33)20-10-12-22(13-11-20)26-29(4,5)37-27(32-38(26,35)36)31-25(16-19-34)23-8-6-7-9-24(23)30/h6-13,21,25-26,34H,14-19H2,1-5H3,(H,31,32)/t25-,26?/m0/s1. The minimum Gasteiger partial charge on any atom is -0.457 e. The maximum absolute atomic E-state index is 14.4. The second-order valence-corrected chi connectivity index (χ2v) is 13.5. The summed E-state index contributed by atoms with van der Waals surface area (Å²) in [5, 5.41) is 11.4. The van der Waals surface area contributed by atoms with Crippen molar-refractivity contribution in [2.24, 2.45) is 4.40 Å². The van der Waals surface area contributed by atoms with Crippen LogP contribution in [0.5, 0.6) is 0 Å². The quantitative estimate of drug-likeness (QED) is 0.528. The monoisotopic (exact) mass is 545 g/mol. The summed E-state index contributed by atoms with van der Waals surface area (Å²) in [4.78, 5) is 2.51. The summed E-state index contributed by atoms with van der Waals surface area (Å²) in [6.45, 7) is 12.0. The average Bonchev–Trinajstić information content (AvgIpc) is 2.83. The second kappa shape index (κ2) is 10.9. The molecule has 0 radical (unpaired) electrons. The van der Waals surface area contributed by atoms with Crippen molar-refractivity contribution in [3.63, 3.8) is 0 Å². The molecule has 0 spiro atoms. The van der Waals surface area contributed by atoms with Gasteiger partial charge in [-0.3, -0.25) is 4.90 Å². The highest BCUT2D eigenvalue weighted by Crippen LogP contribution is 2.41. The summed E-state index contributed by atoms with van der Waals surface area (Å²) in [6, 6.07) is 13.1. The molecule has 38 heavy (non-hydrogen) atoms. The van der Waals surface area contributed by atoms with Gasteiger partial charge in [-0.25, -0.2) is 12.8 Å². The van der Waals surface area contributed by atoms with Gasteiger partial charge in [-0.2, -0.15) is 0 Å². The Morgan fingerprint density at radius 3 is 2.26 bits per heavy atom. The molecule has 1 unspecified atom stereocenters. The molecule has 1 saturated heterocycles. The van der Waals surface area contributed by atoms with Crippen LogP contribution in [0.4, 0.5) is 4.39 Å². The van der Waals surface area contributed by atoms with Gasteiger partial charge in [0.05, 0.1) is 6.04 Å². The molecule has 208 valence electrons. The van der Waals surface area contributed by atoms with E-state index < -0.39 is 32.7 Å². The Hall–Kier alpha value is -2.49. The zero-order chi connectivity index (χ0) is 27.7. The maximum atomic E-state index is 14.4. The van der Waals surface area contributed by atoms with Crippen LogP contribution in [-0.2, 0) is 14.8 Å². The van der Waals surface area contributed by atoms with Crippen molar-refractivity contribution in [2.45, 2.75) is 82.2 Å². The van der Waals surface area contributed by atoms with Crippen molar-refractivity contribution in [3.8, 4) is 0 Å². The van der Waals surface area contributed by atoms with Crippen LogP contribution in [0.1, 0.15) is 87.8 Å². The summed E-state index contributed by atoms with van der Waals surface area (Å²) in [5.41, 5.74) is 1.17. The highest BCUT2D eigenvalue weighted by Gasteiger charge is 2.47. The highest BCUT2D eigenvalue weighted by atomic mass is 32.2. The SMILES string of the molecule is CC1(C)OC(N[C@@H](CCO)c2ccccc2F)=NS(=O)(=O)C1c1ccc(C2CCN(C(C)(C)C)CC2)cc1. The topological polar surface area (TPSA) is 91.2 Å². The van der Waals surface area contributed by atoms with Crippen LogP contribution in [0.3, 0.4) is 0 Å². The number of rotatable bonds is 6. The number of nitrogens with zero attached hydrogens (tertiary/aromatic N) is 2. The third-order valence-corrected chi connectivity index (χ3v) is 9.51. The van der Waals surface area contributed by atoms with Crippen molar-refractivity contribution >= 4 is 16.0 Å². The fourth-order valence-corrected chi connectivity index (χ4v) is 7.34. The van der Waals surface area contributed by atoms with Crippen LogP contribution < -0.4 is 5.32 Å². The number of nitrogens with one attached hydrogen (secondary N) is 1. The number of hydrogen-bond donors (Lipinski definition) is 2. The van der Waals surface area contributed by atoms with Crippen LogP contribution >= 0.6 is 0 Å². The Morgan fingerprint density at radius 1 is 1.11 bits per heavy atom. The van der Waals surface area contributed by atoms with Gasteiger partial charge in [0.2, 0.25) is 0 Å². The number of aliphatic hydroxyl groups is 1. The highest BCUT2D eigenvalue weighted by molar-refractivity contribution is 7.90. The zero-order valence-electron chi connectivity index (χ0n) is 22.9. The first-order chi connectivity index (χ1) is 17.8. The molecule has 0 saturated carbocycles. The first-order valence-electron chi connectivity index (χ1n) is 13.3. The summed E-state index contributed by atoms with van der Waals surface area (Å²) < 4.78 is 51.3. The van der Waals surface area contributed by atoms with Crippen LogP contribution in [0.2, 0.25) is 0 Å². The Labute approximate surface area is 226 Å². The summed E-state index contributed by atoms with van der Waals surface area (Å²) in [7, 11) is -4.01. The fourth-order valence-electron chi connectivity index (χ4n) is 5.65. The van der Waals surface area contributed by atoms with Gasteiger partial charge in [-0.1, -0.05) is 42.5 Å². The van der Waals surface area contributed by atoms with E-state index in [1.807, 2.05) is 24.3 Å². The molecule has 2 N–H and O–H groups in total. The number of likely N-dealkylation sites (tertiary alicyclic amines) is 1. The number of piperidine rings is 1. The van der Waals surface area contributed by atoms with Gasteiger partial charge in [0.15, 0.2) is 0 Å². The third-order valence-electron chi connectivity index (χ3n) is 7.65. The molecule has 2 aliphatic rings. The van der Waals surface area contributed by atoms with Gasteiger partial charge in [0.1, 0.15) is 16.7 Å². The largest absolute Gasteiger partial charge is 0.457 e. The molecule has 4 rings (SSSR count). The molecule has 2 aliphatic heterocycles. The second-order valence-electron chi connectivity index (χ2n) is 11.8. The lowest BCUT2D eigenvalue weighted by Crippen LogP contribution is -2.47. The molecule has 2 heterocycles. The Bertz CT molecular complexity index is 1250. The van der Waals surface area contributed by atoms with Crippen molar-refractivity contribution in [1.29, 1.82) is 0 Å². The van der Waals surface area contributed by atoms with Crippen molar-refractivity contribution in [2.75, 3.05) is 19.7 Å². The number of hydrogen-bond acceptors (Lipinski definition) is 6. The molecule has 0 bridgehead atoms. The van der Waals surface area contributed by atoms with Gasteiger partial charge in [0.25, 0.3) is 10.0 Å². The lowest BCUT2D eigenvalue weighted by molar-refractivity contribution is 0.0759. The van der Waals surface area contributed by atoms with Crippen LogP contribution in [0, 0.1) is 5.82 Å². The molecule has 1 fully saturated rings. The van der Waals surface area contributed by atoms with Gasteiger partial charge in [-0.15, -0.1) is 4.40 Å². The van der Waals surface area contributed by atoms with E-state index in [4.69, 9.17) is 4.74 Å². The number of benzene rings is 2. The molecule has 2 aromatic rings.